The van der Waals surface area contributed by atoms with Gasteiger partial charge in [0.2, 0.25) is 0 Å². The van der Waals surface area contributed by atoms with Crippen LogP contribution in [0.15, 0.2) is 24.3 Å². The molecule has 1 fully saturated rings. The molecule has 106 valence electrons. The number of nitrogens with two attached hydrogens (primary N) is 1. The first kappa shape index (κ1) is 16.0. The Morgan fingerprint density at radius 3 is 2.47 bits per heavy atom. The smallest absolute Gasteiger partial charge is 0.337 e. The lowest BCUT2D eigenvalue weighted by molar-refractivity contribution is -0.0486. The van der Waals surface area contributed by atoms with Crippen LogP contribution in [0.25, 0.3) is 0 Å². The zero-order chi connectivity index (χ0) is 13.1. The molecule has 1 aliphatic heterocycles. The Bertz CT molecular complexity index is 411. The van der Waals surface area contributed by atoms with E-state index in [2.05, 4.69) is 4.74 Å². The summed E-state index contributed by atoms with van der Waals surface area (Å²) in [7, 11) is 1.38. The van der Waals surface area contributed by atoms with Crippen molar-refractivity contribution >= 4 is 18.4 Å². The van der Waals surface area contributed by atoms with E-state index < -0.39 is 0 Å². The molecule has 2 rings (SSSR count). The first-order valence-electron chi connectivity index (χ1n) is 6.19. The molecular weight excluding hydrogens is 266 g/mol. The van der Waals surface area contributed by atoms with Crippen LogP contribution in [0.3, 0.4) is 0 Å². The van der Waals surface area contributed by atoms with Crippen LogP contribution in [0, 0.1) is 0 Å². The summed E-state index contributed by atoms with van der Waals surface area (Å²) in [4.78, 5) is 11.3. The number of halogens is 1. The number of benzene rings is 1. The molecule has 1 aromatic rings. The predicted octanol–water partition coefficient (Wildman–Crippen LogP) is 2.46. The lowest BCUT2D eigenvalue weighted by atomic mass is 9.95. The van der Waals surface area contributed by atoms with Gasteiger partial charge in [-0.25, -0.2) is 4.79 Å². The summed E-state index contributed by atoms with van der Waals surface area (Å²) >= 11 is 0. The topological polar surface area (TPSA) is 61.5 Å². The summed E-state index contributed by atoms with van der Waals surface area (Å²) in [6.45, 7) is 2.04. The quantitative estimate of drug-likeness (QED) is 0.848. The van der Waals surface area contributed by atoms with Crippen molar-refractivity contribution in [2.24, 2.45) is 5.73 Å². The lowest BCUT2D eigenvalue weighted by Crippen LogP contribution is -2.35. The van der Waals surface area contributed by atoms with Crippen molar-refractivity contribution in [1.29, 1.82) is 0 Å². The van der Waals surface area contributed by atoms with Crippen LogP contribution in [0.5, 0.6) is 0 Å². The second kappa shape index (κ2) is 6.89. The molecule has 3 atom stereocenters. The number of carbonyl (C=O) groups excluding carboxylic acids is 1. The van der Waals surface area contributed by atoms with Crippen LogP contribution < -0.4 is 5.73 Å². The van der Waals surface area contributed by atoms with Gasteiger partial charge in [0.15, 0.2) is 0 Å². The predicted molar refractivity (Wildman–Crippen MR) is 75.5 cm³/mol. The molecule has 19 heavy (non-hydrogen) atoms. The maximum absolute atomic E-state index is 11.3. The van der Waals surface area contributed by atoms with Gasteiger partial charge in [0, 0.05) is 6.04 Å². The van der Waals surface area contributed by atoms with Crippen LogP contribution in [0.4, 0.5) is 0 Å². The summed E-state index contributed by atoms with van der Waals surface area (Å²) in [6.07, 6.45) is 1.92. The minimum absolute atomic E-state index is 0. The summed E-state index contributed by atoms with van der Waals surface area (Å²) < 4.78 is 10.5. The van der Waals surface area contributed by atoms with Gasteiger partial charge in [0.05, 0.1) is 24.9 Å². The van der Waals surface area contributed by atoms with Gasteiger partial charge in [0.1, 0.15) is 0 Å². The molecule has 0 bridgehead atoms. The van der Waals surface area contributed by atoms with E-state index in [1.807, 2.05) is 19.1 Å². The molecule has 1 heterocycles. The van der Waals surface area contributed by atoms with Crippen molar-refractivity contribution in [2.45, 2.75) is 38.0 Å². The highest BCUT2D eigenvalue weighted by Crippen LogP contribution is 2.30. The molecule has 2 N–H and O–H groups in total. The average Bonchev–Trinajstić information content (AvgIpc) is 2.37. The van der Waals surface area contributed by atoms with E-state index >= 15 is 0 Å². The third-order valence-corrected chi connectivity index (χ3v) is 3.25. The minimum atomic E-state index is -0.323. The molecular formula is C14H20ClNO3. The van der Waals surface area contributed by atoms with Crippen LogP contribution in [0.1, 0.15) is 41.8 Å². The van der Waals surface area contributed by atoms with Gasteiger partial charge < -0.3 is 15.2 Å². The molecule has 1 unspecified atom stereocenters. The molecule has 0 spiro atoms. The van der Waals surface area contributed by atoms with Gasteiger partial charge in [-0.3, -0.25) is 0 Å². The van der Waals surface area contributed by atoms with E-state index in [1.165, 1.54) is 7.11 Å². The second-order valence-corrected chi connectivity index (χ2v) is 4.78. The second-order valence-electron chi connectivity index (χ2n) is 4.78. The number of rotatable bonds is 2. The van der Waals surface area contributed by atoms with Gasteiger partial charge >= 0.3 is 5.97 Å². The van der Waals surface area contributed by atoms with Gasteiger partial charge in [-0.15, -0.1) is 12.4 Å². The maximum Gasteiger partial charge on any atom is 0.337 e. The van der Waals surface area contributed by atoms with Crippen molar-refractivity contribution in [2.75, 3.05) is 7.11 Å². The molecule has 0 aromatic heterocycles. The standard InChI is InChI=1S/C14H19NO3.ClH/c1-9-7-12(15)8-13(18-9)10-3-5-11(6-4-10)14(16)17-2;/h3-6,9,12-13H,7-8,15H2,1-2H3;1H/t9-,12?,13-;/m1./s1. The van der Waals surface area contributed by atoms with E-state index in [0.29, 0.717) is 5.56 Å². The van der Waals surface area contributed by atoms with Crippen molar-refractivity contribution in [1.82, 2.24) is 0 Å². The fourth-order valence-corrected chi connectivity index (χ4v) is 2.36. The van der Waals surface area contributed by atoms with E-state index in [9.17, 15) is 4.79 Å². The van der Waals surface area contributed by atoms with E-state index in [1.54, 1.807) is 12.1 Å². The molecule has 1 aromatic carbocycles. The third-order valence-electron chi connectivity index (χ3n) is 3.25. The van der Waals surface area contributed by atoms with E-state index in [-0.39, 0.29) is 36.6 Å². The molecule has 0 radical (unpaired) electrons. The Kier molecular flexibility index (Phi) is 5.79. The molecule has 5 heteroatoms. The zero-order valence-electron chi connectivity index (χ0n) is 11.2. The van der Waals surface area contributed by atoms with Crippen LogP contribution in [-0.2, 0) is 9.47 Å². The first-order valence-corrected chi connectivity index (χ1v) is 6.19. The minimum Gasteiger partial charge on any atom is -0.465 e. The normalized spacial score (nSPS) is 26.4. The number of esters is 1. The third kappa shape index (κ3) is 3.93. The molecule has 0 aliphatic carbocycles. The Balaban J connectivity index is 0.00000180. The molecule has 0 amide bonds. The zero-order valence-corrected chi connectivity index (χ0v) is 12.0. The lowest BCUT2D eigenvalue weighted by Gasteiger charge is -2.32. The first-order chi connectivity index (χ1) is 8.60. The van der Waals surface area contributed by atoms with Gasteiger partial charge in [0.25, 0.3) is 0 Å². The Morgan fingerprint density at radius 1 is 1.32 bits per heavy atom. The van der Waals surface area contributed by atoms with Crippen molar-refractivity contribution in [3.63, 3.8) is 0 Å². The van der Waals surface area contributed by atoms with Crippen LogP contribution >= 0.6 is 12.4 Å². The highest BCUT2D eigenvalue weighted by Gasteiger charge is 2.25. The van der Waals surface area contributed by atoms with Crippen molar-refractivity contribution in [3.8, 4) is 0 Å². The summed E-state index contributed by atoms with van der Waals surface area (Å²) in [5, 5.41) is 0. The van der Waals surface area contributed by atoms with Crippen molar-refractivity contribution < 1.29 is 14.3 Å². The Labute approximate surface area is 119 Å². The monoisotopic (exact) mass is 285 g/mol. The van der Waals surface area contributed by atoms with E-state index in [4.69, 9.17) is 10.5 Å². The number of hydrogen-bond donors (Lipinski definition) is 1. The molecule has 4 nitrogen and oxygen atoms in total. The summed E-state index contributed by atoms with van der Waals surface area (Å²) in [5.41, 5.74) is 7.61. The average molecular weight is 286 g/mol. The number of carbonyl (C=O) groups is 1. The molecule has 1 aliphatic rings. The number of methoxy groups -OCH3 is 1. The van der Waals surface area contributed by atoms with Gasteiger partial charge in [-0.2, -0.15) is 0 Å². The molecule has 1 saturated heterocycles. The number of ether oxygens (including phenoxy) is 2. The van der Waals surface area contributed by atoms with Gasteiger partial charge in [-0.1, -0.05) is 12.1 Å². The highest BCUT2D eigenvalue weighted by atomic mass is 35.5. The summed E-state index contributed by atoms with van der Waals surface area (Å²) in [5.74, 6) is -0.323. The van der Waals surface area contributed by atoms with Crippen molar-refractivity contribution in [3.05, 3.63) is 35.4 Å². The SMILES string of the molecule is COC(=O)c1ccc([C@H]2CC(N)C[C@@H](C)O2)cc1.Cl. The van der Waals surface area contributed by atoms with Gasteiger partial charge in [-0.05, 0) is 37.5 Å². The van der Waals surface area contributed by atoms with E-state index in [0.717, 1.165) is 18.4 Å². The Hall–Kier alpha value is -1.10. The maximum atomic E-state index is 11.3. The van der Waals surface area contributed by atoms with Crippen LogP contribution in [-0.4, -0.2) is 25.2 Å². The fraction of sp³-hybridized carbons (Fsp3) is 0.500. The molecule has 0 saturated carbocycles. The Morgan fingerprint density at radius 2 is 1.95 bits per heavy atom. The number of hydrogen-bond acceptors (Lipinski definition) is 4. The largest absolute Gasteiger partial charge is 0.465 e. The summed E-state index contributed by atoms with van der Waals surface area (Å²) in [6, 6.07) is 7.51. The fourth-order valence-electron chi connectivity index (χ4n) is 2.36. The highest BCUT2D eigenvalue weighted by molar-refractivity contribution is 5.89. The van der Waals surface area contributed by atoms with Crippen LogP contribution in [0.2, 0.25) is 0 Å².